The molecule has 7 heteroatoms. The second-order valence-electron chi connectivity index (χ2n) is 3.17. The molecule has 0 aliphatic heterocycles. The lowest BCUT2D eigenvalue weighted by molar-refractivity contribution is 0.0955. The monoisotopic (exact) mass is 227 g/mol. The normalized spacial score (nSPS) is 10.0. The SMILES string of the molecule is CNC(=O)c1c(OC)n(C)c(=O)n(C)c1=O. The van der Waals surface area contributed by atoms with Gasteiger partial charge in [-0.15, -0.1) is 0 Å². The van der Waals surface area contributed by atoms with Crippen molar-refractivity contribution in [3.05, 3.63) is 26.4 Å². The molecule has 1 amide bonds. The van der Waals surface area contributed by atoms with Crippen molar-refractivity contribution in [2.45, 2.75) is 0 Å². The summed E-state index contributed by atoms with van der Waals surface area (Å²) in [7, 11) is 5.41. The number of carbonyl (C=O) groups is 1. The maximum absolute atomic E-state index is 11.7. The second kappa shape index (κ2) is 4.21. The number of methoxy groups -OCH3 is 1. The van der Waals surface area contributed by atoms with Gasteiger partial charge in [0.25, 0.3) is 11.5 Å². The summed E-state index contributed by atoms with van der Waals surface area (Å²) in [6.45, 7) is 0. The first-order valence-electron chi connectivity index (χ1n) is 4.51. The first-order valence-corrected chi connectivity index (χ1v) is 4.51. The van der Waals surface area contributed by atoms with Crippen molar-refractivity contribution in [1.29, 1.82) is 0 Å². The Balaban J connectivity index is 3.79. The molecule has 0 spiro atoms. The van der Waals surface area contributed by atoms with Gasteiger partial charge < -0.3 is 10.1 Å². The average Bonchev–Trinajstić information content (AvgIpc) is 2.29. The van der Waals surface area contributed by atoms with Crippen LogP contribution in [0.15, 0.2) is 9.59 Å². The van der Waals surface area contributed by atoms with Crippen LogP contribution in [0.25, 0.3) is 0 Å². The molecular weight excluding hydrogens is 214 g/mol. The molecule has 0 saturated carbocycles. The highest BCUT2D eigenvalue weighted by atomic mass is 16.5. The molecule has 0 unspecified atom stereocenters. The van der Waals surface area contributed by atoms with Gasteiger partial charge in [-0.05, 0) is 0 Å². The molecule has 0 bridgehead atoms. The highest BCUT2D eigenvalue weighted by Gasteiger charge is 2.21. The molecule has 1 rings (SSSR count). The summed E-state index contributed by atoms with van der Waals surface area (Å²) < 4.78 is 6.86. The number of ether oxygens (including phenoxy) is 1. The number of rotatable bonds is 2. The first kappa shape index (κ1) is 12.0. The van der Waals surface area contributed by atoms with Crippen LogP contribution < -0.4 is 21.3 Å². The van der Waals surface area contributed by atoms with E-state index in [-0.39, 0.29) is 11.4 Å². The Bertz CT molecular complexity index is 541. The van der Waals surface area contributed by atoms with Gasteiger partial charge in [0, 0.05) is 21.1 Å². The van der Waals surface area contributed by atoms with E-state index in [1.165, 1.54) is 28.3 Å². The molecule has 16 heavy (non-hydrogen) atoms. The Hall–Kier alpha value is -2.05. The van der Waals surface area contributed by atoms with Crippen molar-refractivity contribution in [3.8, 4) is 5.88 Å². The molecule has 1 N–H and O–H groups in total. The lowest BCUT2D eigenvalue weighted by atomic mass is 10.3. The Morgan fingerprint density at radius 2 is 1.81 bits per heavy atom. The molecule has 0 atom stereocenters. The van der Waals surface area contributed by atoms with Gasteiger partial charge in [-0.25, -0.2) is 4.79 Å². The van der Waals surface area contributed by atoms with E-state index in [0.717, 1.165) is 9.13 Å². The Labute approximate surface area is 91.3 Å². The summed E-state index contributed by atoms with van der Waals surface area (Å²) in [6.07, 6.45) is 0. The molecule has 88 valence electrons. The van der Waals surface area contributed by atoms with Crippen LogP contribution in [0, 0.1) is 0 Å². The molecule has 0 aromatic carbocycles. The Morgan fingerprint density at radius 1 is 1.25 bits per heavy atom. The number of nitrogens with one attached hydrogen (secondary N) is 1. The van der Waals surface area contributed by atoms with Crippen LogP contribution in [0.2, 0.25) is 0 Å². The summed E-state index contributed by atoms with van der Waals surface area (Å²) in [4.78, 5) is 34.8. The minimum absolute atomic E-state index is 0.0487. The van der Waals surface area contributed by atoms with Crippen LogP contribution in [-0.4, -0.2) is 29.2 Å². The Kier molecular flexibility index (Phi) is 3.17. The van der Waals surface area contributed by atoms with Crippen LogP contribution in [0.5, 0.6) is 5.88 Å². The van der Waals surface area contributed by atoms with E-state index in [4.69, 9.17) is 4.74 Å². The zero-order valence-corrected chi connectivity index (χ0v) is 9.53. The molecule has 0 fully saturated rings. The molecule has 0 saturated heterocycles. The van der Waals surface area contributed by atoms with E-state index in [0.29, 0.717) is 0 Å². The summed E-state index contributed by atoms with van der Waals surface area (Å²) >= 11 is 0. The van der Waals surface area contributed by atoms with E-state index >= 15 is 0 Å². The highest BCUT2D eigenvalue weighted by Crippen LogP contribution is 2.09. The van der Waals surface area contributed by atoms with E-state index in [2.05, 4.69) is 5.32 Å². The lowest BCUT2D eigenvalue weighted by Gasteiger charge is -2.12. The molecule has 0 aliphatic rings. The van der Waals surface area contributed by atoms with Gasteiger partial charge in [-0.3, -0.25) is 18.7 Å². The van der Waals surface area contributed by atoms with Crippen molar-refractivity contribution in [1.82, 2.24) is 14.5 Å². The van der Waals surface area contributed by atoms with Gasteiger partial charge in [0.1, 0.15) is 0 Å². The standard InChI is InChI=1S/C9H13N3O4/c1-10-6(13)5-7(14)11(2)9(15)12(3)8(5)16-4/h1-4H3,(H,10,13). The third kappa shape index (κ3) is 1.60. The van der Waals surface area contributed by atoms with Crippen molar-refractivity contribution < 1.29 is 9.53 Å². The number of carbonyl (C=O) groups excluding carboxylic acids is 1. The molecule has 1 aromatic rings. The van der Waals surface area contributed by atoms with Crippen LogP contribution in [0.4, 0.5) is 0 Å². The van der Waals surface area contributed by atoms with Crippen molar-refractivity contribution >= 4 is 5.91 Å². The average molecular weight is 227 g/mol. The van der Waals surface area contributed by atoms with Crippen LogP contribution >= 0.6 is 0 Å². The van der Waals surface area contributed by atoms with Gasteiger partial charge in [0.2, 0.25) is 5.88 Å². The van der Waals surface area contributed by atoms with Crippen LogP contribution in [0.1, 0.15) is 10.4 Å². The second-order valence-corrected chi connectivity index (χ2v) is 3.17. The predicted octanol–water partition coefficient (Wildman–Crippen LogP) is -1.55. The highest BCUT2D eigenvalue weighted by molar-refractivity contribution is 5.95. The van der Waals surface area contributed by atoms with E-state index in [9.17, 15) is 14.4 Å². The number of amides is 1. The summed E-state index contributed by atoms with van der Waals surface area (Å²) in [5.41, 5.74) is -1.41. The number of hydrogen-bond acceptors (Lipinski definition) is 4. The van der Waals surface area contributed by atoms with Gasteiger partial charge in [-0.2, -0.15) is 0 Å². The van der Waals surface area contributed by atoms with Gasteiger partial charge >= 0.3 is 5.69 Å². The molecule has 0 radical (unpaired) electrons. The van der Waals surface area contributed by atoms with Crippen molar-refractivity contribution in [3.63, 3.8) is 0 Å². The quantitative estimate of drug-likeness (QED) is 0.663. The summed E-state index contributed by atoms with van der Waals surface area (Å²) in [5, 5.41) is 2.32. The van der Waals surface area contributed by atoms with E-state index < -0.39 is 17.2 Å². The maximum Gasteiger partial charge on any atom is 0.333 e. The summed E-state index contributed by atoms with van der Waals surface area (Å²) in [5.74, 6) is -0.638. The lowest BCUT2D eigenvalue weighted by Crippen LogP contribution is -2.42. The van der Waals surface area contributed by atoms with Crippen molar-refractivity contribution in [2.24, 2.45) is 14.1 Å². The molecule has 1 heterocycles. The molecule has 0 aliphatic carbocycles. The molecule has 1 aromatic heterocycles. The van der Waals surface area contributed by atoms with E-state index in [1.807, 2.05) is 0 Å². The van der Waals surface area contributed by atoms with Crippen molar-refractivity contribution in [2.75, 3.05) is 14.2 Å². The zero-order valence-electron chi connectivity index (χ0n) is 9.53. The van der Waals surface area contributed by atoms with E-state index in [1.54, 1.807) is 0 Å². The molecular formula is C9H13N3O4. The number of aromatic nitrogens is 2. The smallest absolute Gasteiger partial charge is 0.333 e. The third-order valence-corrected chi connectivity index (χ3v) is 2.26. The Morgan fingerprint density at radius 3 is 2.25 bits per heavy atom. The predicted molar refractivity (Wildman–Crippen MR) is 56.9 cm³/mol. The van der Waals surface area contributed by atoms with Crippen LogP contribution in [0.3, 0.4) is 0 Å². The minimum Gasteiger partial charge on any atom is -0.481 e. The third-order valence-electron chi connectivity index (χ3n) is 2.26. The minimum atomic E-state index is -0.681. The molecule has 7 nitrogen and oxygen atoms in total. The van der Waals surface area contributed by atoms with Gasteiger partial charge in [-0.1, -0.05) is 0 Å². The zero-order chi connectivity index (χ0) is 12.5. The maximum atomic E-state index is 11.7. The van der Waals surface area contributed by atoms with Gasteiger partial charge in [0.15, 0.2) is 5.56 Å². The fourth-order valence-electron chi connectivity index (χ4n) is 1.38. The first-order chi connectivity index (χ1) is 7.45. The van der Waals surface area contributed by atoms with Crippen LogP contribution in [-0.2, 0) is 14.1 Å². The topological polar surface area (TPSA) is 82.3 Å². The van der Waals surface area contributed by atoms with Gasteiger partial charge in [0.05, 0.1) is 7.11 Å². The number of hydrogen-bond donors (Lipinski definition) is 1. The number of nitrogens with zero attached hydrogens (tertiary/aromatic N) is 2. The fraction of sp³-hybridized carbons (Fsp3) is 0.444. The summed E-state index contributed by atoms with van der Waals surface area (Å²) in [6, 6.07) is 0. The largest absolute Gasteiger partial charge is 0.481 e. The fourth-order valence-corrected chi connectivity index (χ4v) is 1.38.